The topological polar surface area (TPSA) is 41.6 Å². The minimum atomic E-state index is -0.394. The molecule has 2 atom stereocenters. The second-order valence-corrected chi connectivity index (χ2v) is 5.81. The van der Waals surface area contributed by atoms with Gasteiger partial charge < -0.3 is 15.0 Å². The Morgan fingerprint density at radius 2 is 2.19 bits per heavy atom. The van der Waals surface area contributed by atoms with Crippen molar-refractivity contribution in [1.82, 2.24) is 10.2 Å². The molecule has 2 saturated heterocycles. The van der Waals surface area contributed by atoms with E-state index in [9.17, 15) is 4.79 Å². The lowest BCUT2D eigenvalue weighted by Gasteiger charge is -2.30. The lowest BCUT2D eigenvalue weighted by atomic mass is 10.1. The van der Waals surface area contributed by atoms with E-state index in [4.69, 9.17) is 4.74 Å². The third-order valence-electron chi connectivity index (χ3n) is 3.22. The zero-order chi connectivity index (χ0) is 11.8. The molecule has 2 bridgehead atoms. The molecule has 0 saturated carbocycles. The van der Waals surface area contributed by atoms with E-state index in [1.165, 1.54) is 6.42 Å². The molecule has 2 heterocycles. The third-order valence-corrected chi connectivity index (χ3v) is 3.22. The average molecular weight is 226 g/mol. The highest BCUT2D eigenvalue weighted by molar-refractivity contribution is 5.68. The number of nitrogens with zero attached hydrogens (tertiary/aromatic N) is 1. The summed E-state index contributed by atoms with van der Waals surface area (Å²) in [6.07, 6.45) is 3.18. The predicted molar refractivity (Wildman–Crippen MR) is 62.4 cm³/mol. The molecule has 2 aliphatic heterocycles. The number of nitrogens with one attached hydrogen (secondary N) is 1. The van der Waals surface area contributed by atoms with Crippen LogP contribution in [0.5, 0.6) is 0 Å². The summed E-state index contributed by atoms with van der Waals surface area (Å²) in [6.45, 7) is 7.51. The zero-order valence-corrected chi connectivity index (χ0v) is 10.5. The van der Waals surface area contributed by atoms with E-state index in [-0.39, 0.29) is 6.09 Å². The first-order chi connectivity index (χ1) is 7.46. The van der Waals surface area contributed by atoms with E-state index >= 15 is 0 Å². The van der Waals surface area contributed by atoms with Crippen molar-refractivity contribution in [1.29, 1.82) is 0 Å². The number of hydrogen-bond acceptors (Lipinski definition) is 3. The van der Waals surface area contributed by atoms with E-state index in [2.05, 4.69) is 5.32 Å². The van der Waals surface area contributed by atoms with E-state index in [1.54, 1.807) is 0 Å². The zero-order valence-electron chi connectivity index (χ0n) is 10.5. The van der Waals surface area contributed by atoms with E-state index in [0.717, 1.165) is 25.9 Å². The summed E-state index contributed by atoms with van der Waals surface area (Å²) in [5, 5.41) is 3.46. The molecule has 1 amide bonds. The average Bonchev–Trinajstić information content (AvgIpc) is 2.43. The minimum Gasteiger partial charge on any atom is -0.444 e. The number of fused-ring (bicyclic) bond motifs is 2. The first-order valence-electron chi connectivity index (χ1n) is 6.19. The molecule has 0 aromatic rings. The lowest BCUT2D eigenvalue weighted by molar-refractivity contribution is 0.0182. The quantitative estimate of drug-likeness (QED) is 0.684. The van der Waals surface area contributed by atoms with Crippen LogP contribution in [0, 0.1) is 0 Å². The van der Waals surface area contributed by atoms with Crippen LogP contribution in [0.25, 0.3) is 0 Å². The molecule has 0 radical (unpaired) electrons. The maximum atomic E-state index is 12.0. The standard InChI is InChI=1S/C12H22N2O2/c1-12(2,3)16-11(15)14-6-4-5-9-7-10(14)8-13-9/h9-10,13H,4-8H2,1-3H3. The Morgan fingerprint density at radius 1 is 1.44 bits per heavy atom. The van der Waals surface area contributed by atoms with Gasteiger partial charge in [0.2, 0.25) is 0 Å². The Morgan fingerprint density at radius 3 is 2.88 bits per heavy atom. The van der Waals surface area contributed by atoms with Crippen molar-refractivity contribution in [3.05, 3.63) is 0 Å². The Balaban J connectivity index is 1.99. The van der Waals surface area contributed by atoms with Gasteiger partial charge in [-0.2, -0.15) is 0 Å². The van der Waals surface area contributed by atoms with Gasteiger partial charge in [-0.05, 0) is 40.0 Å². The molecule has 2 unspecified atom stereocenters. The van der Waals surface area contributed by atoms with Gasteiger partial charge in [-0.25, -0.2) is 4.79 Å². The van der Waals surface area contributed by atoms with Crippen LogP contribution in [0.15, 0.2) is 0 Å². The van der Waals surface area contributed by atoms with Gasteiger partial charge in [0, 0.05) is 25.2 Å². The van der Waals surface area contributed by atoms with E-state index in [1.807, 2.05) is 25.7 Å². The van der Waals surface area contributed by atoms with Crippen molar-refractivity contribution in [2.45, 2.75) is 57.7 Å². The van der Waals surface area contributed by atoms with Crippen LogP contribution in [0.4, 0.5) is 4.79 Å². The summed E-state index contributed by atoms with van der Waals surface area (Å²) in [7, 11) is 0. The smallest absolute Gasteiger partial charge is 0.410 e. The van der Waals surface area contributed by atoms with Crippen molar-refractivity contribution in [2.24, 2.45) is 0 Å². The van der Waals surface area contributed by atoms with Crippen LogP contribution in [0.1, 0.15) is 40.0 Å². The highest BCUT2D eigenvalue weighted by Gasteiger charge is 2.35. The first kappa shape index (κ1) is 11.7. The molecule has 16 heavy (non-hydrogen) atoms. The van der Waals surface area contributed by atoms with Gasteiger partial charge in [0.1, 0.15) is 5.60 Å². The molecular formula is C12H22N2O2. The maximum Gasteiger partial charge on any atom is 0.410 e. The van der Waals surface area contributed by atoms with Gasteiger partial charge in [0.05, 0.1) is 0 Å². The van der Waals surface area contributed by atoms with Crippen LogP contribution in [-0.2, 0) is 4.74 Å². The lowest BCUT2D eigenvalue weighted by Crippen LogP contribution is -2.44. The number of carbonyl (C=O) groups excluding carboxylic acids is 1. The first-order valence-corrected chi connectivity index (χ1v) is 6.19. The van der Waals surface area contributed by atoms with Crippen molar-refractivity contribution >= 4 is 6.09 Å². The summed E-state index contributed by atoms with van der Waals surface area (Å²) in [5.41, 5.74) is -0.394. The van der Waals surface area contributed by atoms with E-state index < -0.39 is 5.60 Å². The van der Waals surface area contributed by atoms with Crippen LogP contribution in [0.2, 0.25) is 0 Å². The monoisotopic (exact) mass is 226 g/mol. The minimum absolute atomic E-state index is 0.151. The second-order valence-electron chi connectivity index (χ2n) is 5.81. The van der Waals surface area contributed by atoms with Crippen LogP contribution in [-0.4, -0.2) is 41.8 Å². The third kappa shape index (κ3) is 2.67. The maximum absolute atomic E-state index is 12.0. The number of carbonyl (C=O) groups is 1. The molecule has 2 aliphatic rings. The van der Waals surface area contributed by atoms with Gasteiger partial charge in [-0.15, -0.1) is 0 Å². The number of ether oxygens (including phenoxy) is 1. The Labute approximate surface area is 97.3 Å². The molecule has 1 N–H and O–H groups in total. The SMILES string of the molecule is CC(C)(C)OC(=O)N1CCCC2CC1CN2. The van der Waals surface area contributed by atoms with Crippen LogP contribution < -0.4 is 5.32 Å². The van der Waals surface area contributed by atoms with Crippen LogP contribution >= 0.6 is 0 Å². The van der Waals surface area contributed by atoms with Crippen molar-refractivity contribution in [3.8, 4) is 0 Å². The number of hydrogen-bond donors (Lipinski definition) is 1. The Bertz CT molecular complexity index is 273. The van der Waals surface area contributed by atoms with Crippen molar-refractivity contribution in [2.75, 3.05) is 13.1 Å². The fourth-order valence-electron chi connectivity index (χ4n) is 2.51. The highest BCUT2D eigenvalue weighted by Crippen LogP contribution is 2.24. The summed E-state index contributed by atoms with van der Waals surface area (Å²) in [6, 6.07) is 0.944. The molecule has 0 aromatic carbocycles. The molecule has 2 fully saturated rings. The highest BCUT2D eigenvalue weighted by atomic mass is 16.6. The van der Waals surface area contributed by atoms with Gasteiger partial charge in [-0.3, -0.25) is 0 Å². The fourth-order valence-corrected chi connectivity index (χ4v) is 2.51. The molecule has 4 nitrogen and oxygen atoms in total. The predicted octanol–water partition coefficient (Wildman–Crippen LogP) is 1.75. The van der Waals surface area contributed by atoms with E-state index in [0.29, 0.717) is 12.1 Å². The van der Waals surface area contributed by atoms with Crippen LogP contribution in [0.3, 0.4) is 0 Å². The molecule has 0 spiro atoms. The normalized spacial score (nSPS) is 30.1. The summed E-state index contributed by atoms with van der Waals surface area (Å²) >= 11 is 0. The number of rotatable bonds is 0. The molecular weight excluding hydrogens is 204 g/mol. The van der Waals surface area contributed by atoms with Crippen molar-refractivity contribution < 1.29 is 9.53 Å². The van der Waals surface area contributed by atoms with Crippen molar-refractivity contribution in [3.63, 3.8) is 0 Å². The second kappa shape index (κ2) is 4.24. The summed E-state index contributed by atoms with van der Waals surface area (Å²) in [4.78, 5) is 13.9. The van der Waals surface area contributed by atoms with Gasteiger partial charge >= 0.3 is 6.09 Å². The summed E-state index contributed by atoms with van der Waals surface area (Å²) < 4.78 is 5.44. The Kier molecular flexibility index (Phi) is 3.10. The van der Waals surface area contributed by atoms with Gasteiger partial charge in [-0.1, -0.05) is 0 Å². The molecule has 2 rings (SSSR count). The fraction of sp³-hybridized carbons (Fsp3) is 0.917. The Hall–Kier alpha value is -0.770. The number of amides is 1. The van der Waals surface area contributed by atoms with Gasteiger partial charge in [0.25, 0.3) is 0 Å². The molecule has 92 valence electrons. The molecule has 4 heteroatoms. The summed E-state index contributed by atoms with van der Waals surface area (Å²) in [5.74, 6) is 0. The molecule has 0 aromatic heterocycles. The molecule has 0 aliphatic carbocycles. The van der Waals surface area contributed by atoms with Gasteiger partial charge in [0.15, 0.2) is 0 Å². The number of likely N-dealkylation sites (tertiary alicyclic amines) is 1. The largest absolute Gasteiger partial charge is 0.444 e.